The number of hydrogen-bond donors (Lipinski definition) is 2. The second-order valence-electron chi connectivity index (χ2n) is 9.92. The molecule has 1 unspecified atom stereocenters. The lowest BCUT2D eigenvalue weighted by molar-refractivity contribution is -0.137. The monoisotopic (exact) mass is 560 g/mol. The molecule has 14 heteroatoms. The van der Waals surface area contributed by atoms with Crippen LogP contribution >= 0.6 is 11.7 Å². The number of nitrogens with zero attached hydrogens (tertiary/aromatic N) is 6. The highest BCUT2D eigenvalue weighted by Gasteiger charge is 2.30. The molecule has 2 aromatic heterocycles. The number of hydrogen-bond acceptors (Lipinski definition) is 9. The average molecular weight is 561 g/mol. The lowest BCUT2D eigenvalue weighted by atomic mass is 9.91. The number of fused-ring (bicyclic) bond motifs is 1. The third kappa shape index (κ3) is 6.98. The highest BCUT2D eigenvalue weighted by atomic mass is 32.1. The van der Waals surface area contributed by atoms with Gasteiger partial charge in [0, 0.05) is 64.1 Å². The maximum atomic E-state index is 13.2. The maximum Gasteiger partial charge on any atom is 0.275 e. The van der Waals surface area contributed by atoms with Crippen LogP contribution in [0.1, 0.15) is 63.6 Å². The molecule has 2 bridgehead atoms. The summed E-state index contributed by atoms with van der Waals surface area (Å²) in [7, 11) is 3.37. The van der Waals surface area contributed by atoms with Crippen LogP contribution in [-0.2, 0) is 34.2 Å². The molecule has 1 atom stereocenters. The van der Waals surface area contributed by atoms with Crippen LogP contribution in [0.3, 0.4) is 0 Å². The number of carbonyl (C=O) groups excluding carboxylic acids is 4. The fraction of sp³-hybridized carbons (Fsp3) is 0.640. The molecule has 0 fully saturated rings. The molecule has 4 rings (SSSR count). The third-order valence-electron chi connectivity index (χ3n) is 7.14. The van der Waals surface area contributed by atoms with Gasteiger partial charge >= 0.3 is 0 Å². The van der Waals surface area contributed by atoms with E-state index in [2.05, 4.69) is 24.5 Å². The van der Waals surface area contributed by atoms with E-state index in [0.717, 1.165) is 29.4 Å². The normalized spacial score (nSPS) is 19.8. The molecule has 1 aliphatic heterocycles. The van der Waals surface area contributed by atoms with E-state index in [1.807, 2.05) is 7.05 Å². The minimum atomic E-state index is -0.270. The van der Waals surface area contributed by atoms with Crippen molar-refractivity contribution in [3.63, 3.8) is 0 Å². The highest BCUT2D eigenvalue weighted by molar-refractivity contribution is 6.99. The lowest BCUT2D eigenvalue weighted by Gasteiger charge is -2.27. The van der Waals surface area contributed by atoms with Crippen molar-refractivity contribution in [1.82, 2.24) is 39.0 Å². The molecule has 3 heterocycles. The Morgan fingerprint density at radius 1 is 1.15 bits per heavy atom. The Morgan fingerprint density at radius 3 is 2.69 bits per heavy atom. The lowest BCUT2D eigenvalue weighted by Crippen LogP contribution is -2.47. The smallest absolute Gasteiger partial charge is 0.275 e. The Balaban J connectivity index is 1.55. The zero-order valence-corrected chi connectivity index (χ0v) is 23.5. The van der Waals surface area contributed by atoms with Gasteiger partial charge in [0.05, 0.1) is 30.6 Å². The Labute approximate surface area is 231 Å². The van der Waals surface area contributed by atoms with Crippen LogP contribution in [-0.4, -0.2) is 104 Å². The van der Waals surface area contributed by atoms with E-state index in [0.29, 0.717) is 69.0 Å². The predicted octanol–water partition coefficient (Wildman–Crippen LogP) is 0.0846. The fourth-order valence-corrected chi connectivity index (χ4v) is 5.60. The molecule has 39 heavy (non-hydrogen) atoms. The fourth-order valence-electron chi connectivity index (χ4n) is 5.06. The quantitative estimate of drug-likeness (QED) is 0.534. The number of ether oxygens (including phenoxy) is 1. The number of carbonyl (C=O) groups is 4. The van der Waals surface area contributed by atoms with Crippen LogP contribution in [0.4, 0.5) is 0 Å². The standard InChI is InChI=1S/C25H36N8O5S/c1-16-22(30-39-29-16)25(37)32-10-4-6-21(35)33(12-13-38-3)15-20(34)27-17-7-8-19-18(14-17)23(28-31(19)2)24(36)26-9-5-11-32/h17H,4-15H2,1-3H3,(H,26,36)(H,27,34). The minimum Gasteiger partial charge on any atom is -0.383 e. The van der Waals surface area contributed by atoms with Crippen molar-refractivity contribution in [3.05, 3.63) is 28.3 Å². The van der Waals surface area contributed by atoms with Gasteiger partial charge in [-0.3, -0.25) is 23.9 Å². The van der Waals surface area contributed by atoms with E-state index in [1.165, 1.54) is 4.90 Å². The SMILES string of the molecule is COCCN1CC(=O)NC2CCc3c(c(nn3C)C(=O)NCCCN(C(=O)c3nsnc3C)CCCC1=O)C2. The van der Waals surface area contributed by atoms with E-state index in [4.69, 9.17) is 4.74 Å². The van der Waals surface area contributed by atoms with Crippen molar-refractivity contribution in [2.75, 3.05) is 46.4 Å². The molecular formula is C25H36N8O5S. The first kappa shape index (κ1) is 28.6. The first-order valence-electron chi connectivity index (χ1n) is 13.3. The van der Waals surface area contributed by atoms with Gasteiger partial charge in [-0.2, -0.15) is 13.8 Å². The summed E-state index contributed by atoms with van der Waals surface area (Å²) in [6.07, 6.45) is 3.02. The van der Waals surface area contributed by atoms with Crippen molar-refractivity contribution in [1.29, 1.82) is 0 Å². The predicted molar refractivity (Wildman–Crippen MR) is 142 cm³/mol. The second kappa shape index (κ2) is 13.1. The van der Waals surface area contributed by atoms with Crippen LogP contribution in [0.5, 0.6) is 0 Å². The molecule has 2 aromatic rings. The first-order chi connectivity index (χ1) is 18.8. The number of rotatable bonds is 4. The van der Waals surface area contributed by atoms with Crippen molar-refractivity contribution >= 4 is 35.4 Å². The van der Waals surface area contributed by atoms with Crippen molar-refractivity contribution in [3.8, 4) is 0 Å². The average Bonchev–Trinajstić information content (AvgIpc) is 3.49. The van der Waals surface area contributed by atoms with Gasteiger partial charge in [0.2, 0.25) is 11.8 Å². The summed E-state index contributed by atoms with van der Waals surface area (Å²) in [5.41, 5.74) is 3.04. The molecule has 0 radical (unpaired) electrons. The molecule has 13 nitrogen and oxygen atoms in total. The van der Waals surface area contributed by atoms with Gasteiger partial charge in [-0.1, -0.05) is 0 Å². The molecule has 2 N–H and O–H groups in total. The van der Waals surface area contributed by atoms with Crippen molar-refractivity contribution in [2.45, 2.75) is 51.5 Å². The Kier molecular flexibility index (Phi) is 9.62. The van der Waals surface area contributed by atoms with Crippen LogP contribution in [0.15, 0.2) is 0 Å². The van der Waals surface area contributed by atoms with Gasteiger partial charge in [-0.15, -0.1) is 0 Å². The second-order valence-corrected chi connectivity index (χ2v) is 10.4. The molecule has 1 aliphatic carbocycles. The number of amides is 4. The molecule has 0 saturated carbocycles. The number of nitrogens with one attached hydrogen (secondary N) is 2. The number of aryl methyl sites for hydroxylation is 2. The maximum absolute atomic E-state index is 13.2. The van der Waals surface area contributed by atoms with Crippen molar-refractivity contribution in [2.24, 2.45) is 7.05 Å². The van der Waals surface area contributed by atoms with Crippen molar-refractivity contribution < 1.29 is 23.9 Å². The van der Waals surface area contributed by atoms with Gasteiger partial charge in [-0.05, 0) is 39.0 Å². The Morgan fingerprint density at radius 2 is 1.95 bits per heavy atom. The summed E-state index contributed by atoms with van der Waals surface area (Å²) in [6.45, 7) is 3.31. The van der Waals surface area contributed by atoms with E-state index in [1.54, 1.807) is 23.6 Å². The van der Waals surface area contributed by atoms with Crippen LogP contribution < -0.4 is 10.6 Å². The number of methoxy groups -OCH3 is 1. The van der Waals surface area contributed by atoms with Gasteiger partial charge in [-0.25, -0.2) is 0 Å². The van der Waals surface area contributed by atoms with E-state index < -0.39 is 0 Å². The van der Waals surface area contributed by atoms with Crippen LogP contribution in [0.25, 0.3) is 0 Å². The first-order valence-corrected chi connectivity index (χ1v) is 14.0. The summed E-state index contributed by atoms with van der Waals surface area (Å²) in [6, 6.07) is -0.151. The molecule has 4 amide bonds. The summed E-state index contributed by atoms with van der Waals surface area (Å²) in [4.78, 5) is 55.5. The van der Waals surface area contributed by atoms with Crippen LogP contribution in [0, 0.1) is 6.92 Å². The number of aromatic nitrogens is 4. The van der Waals surface area contributed by atoms with Gasteiger partial charge < -0.3 is 25.2 Å². The Hall–Kier alpha value is -3.39. The molecule has 212 valence electrons. The van der Waals surface area contributed by atoms with Crippen LogP contribution in [0.2, 0.25) is 0 Å². The third-order valence-corrected chi connectivity index (χ3v) is 7.76. The summed E-state index contributed by atoms with van der Waals surface area (Å²) < 4.78 is 15.1. The van der Waals surface area contributed by atoms with E-state index >= 15 is 0 Å². The summed E-state index contributed by atoms with van der Waals surface area (Å²) >= 11 is 0.981. The largest absolute Gasteiger partial charge is 0.383 e. The zero-order chi connectivity index (χ0) is 27.9. The summed E-state index contributed by atoms with van der Waals surface area (Å²) in [5.74, 6) is -0.953. The van der Waals surface area contributed by atoms with E-state index in [9.17, 15) is 19.2 Å². The molecule has 0 saturated heterocycles. The topological polar surface area (TPSA) is 152 Å². The van der Waals surface area contributed by atoms with E-state index in [-0.39, 0.29) is 49.2 Å². The van der Waals surface area contributed by atoms with Gasteiger partial charge in [0.1, 0.15) is 0 Å². The zero-order valence-electron chi connectivity index (χ0n) is 22.7. The molecule has 0 spiro atoms. The molecular weight excluding hydrogens is 524 g/mol. The van der Waals surface area contributed by atoms with Gasteiger partial charge in [0.15, 0.2) is 11.4 Å². The molecule has 0 aromatic carbocycles. The highest BCUT2D eigenvalue weighted by Crippen LogP contribution is 2.24. The minimum absolute atomic E-state index is 0.0851. The molecule has 2 aliphatic rings. The Bertz CT molecular complexity index is 1210. The summed E-state index contributed by atoms with van der Waals surface area (Å²) in [5, 5.41) is 10.4. The van der Waals surface area contributed by atoms with Gasteiger partial charge in [0.25, 0.3) is 11.8 Å².